The first-order valence-corrected chi connectivity index (χ1v) is 10.2. The predicted molar refractivity (Wildman–Crippen MR) is 123 cm³/mol. The van der Waals surface area contributed by atoms with Gasteiger partial charge in [0.25, 0.3) is 11.8 Å². The molecule has 1 N–H and O–H groups in total. The molecule has 0 aliphatic carbocycles. The summed E-state index contributed by atoms with van der Waals surface area (Å²) < 4.78 is 7.83. The highest BCUT2D eigenvalue weighted by molar-refractivity contribution is 6.05. The predicted octanol–water partition coefficient (Wildman–Crippen LogP) is 4.18. The summed E-state index contributed by atoms with van der Waals surface area (Å²) in [5, 5.41) is 2.84. The lowest BCUT2D eigenvalue weighted by Crippen LogP contribution is -2.22. The Morgan fingerprint density at radius 1 is 1.00 bits per heavy atom. The van der Waals surface area contributed by atoms with Gasteiger partial charge in [0, 0.05) is 43.3 Å². The Balaban J connectivity index is 1.43. The van der Waals surface area contributed by atoms with Crippen molar-refractivity contribution in [2.24, 2.45) is 0 Å². The minimum absolute atomic E-state index is 0.126. The standard InChI is InChI=1S/C25H24N4O3/c1-17-10-11-23-26-21(15-29(23)14-17)16-32-22-9-5-6-18(13-22)24(30)27-20-8-4-7-19(12-20)25(31)28(2)3/h4-15H,16H2,1-3H3,(H,27,30). The second kappa shape index (κ2) is 8.93. The second-order valence-electron chi connectivity index (χ2n) is 7.76. The van der Waals surface area contributed by atoms with Crippen molar-refractivity contribution < 1.29 is 14.3 Å². The number of hydrogen-bond donors (Lipinski definition) is 1. The molecule has 0 spiro atoms. The number of fused-ring (bicyclic) bond motifs is 1. The van der Waals surface area contributed by atoms with E-state index in [1.165, 1.54) is 4.90 Å². The summed E-state index contributed by atoms with van der Waals surface area (Å²) in [5.41, 5.74) is 4.32. The molecule has 2 amide bonds. The molecule has 0 fully saturated rings. The second-order valence-corrected chi connectivity index (χ2v) is 7.76. The topological polar surface area (TPSA) is 75.9 Å². The Morgan fingerprint density at radius 3 is 2.59 bits per heavy atom. The van der Waals surface area contributed by atoms with Crippen molar-refractivity contribution in [3.63, 3.8) is 0 Å². The van der Waals surface area contributed by atoms with E-state index in [0.717, 1.165) is 16.9 Å². The van der Waals surface area contributed by atoms with Gasteiger partial charge in [-0.05, 0) is 55.0 Å². The Bertz CT molecular complexity index is 1290. The molecule has 2 aromatic heterocycles. The van der Waals surface area contributed by atoms with Crippen LogP contribution < -0.4 is 10.1 Å². The van der Waals surface area contributed by atoms with Crippen LogP contribution in [-0.2, 0) is 6.61 Å². The van der Waals surface area contributed by atoms with Crippen molar-refractivity contribution in [1.82, 2.24) is 14.3 Å². The fraction of sp³-hybridized carbons (Fsp3) is 0.160. The summed E-state index contributed by atoms with van der Waals surface area (Å²) in [6.07, 6.45) is 3.94. The number of rotatable bonds is 6. The summed E-state index contributed by atoms with van der Waals surface area (Å²) in [7, 11) is 3.37. The van der Waals surface area contributed by atoms with Crippen LogP contribution in [0, 0.1) is 6.92 Å². The van der Waals surface area contributed by atoms with Gasteiger partial charge in [-0.25, -0.2) is 4.98 Å². The van der Waals surface area contributed by atoms with Crippen LogP contribution in [0.15, 0.2) is 73.1 Å². The van der Waals surface area contributed by atoms with E-state index < -0.39 is 0 Å². The maximum atomic E-state index is 12.7. The summed E-state index contributed by atoms with van der Waals surface area (Å²) >= 11 is 0. The fourth-order valence-electron chi connectivity index (χ4n) is 3.30. The lowest BCUT2D eigenvalue weighted by Gasteiger charge is -2.12. The van der Waals surface area contributed by atoms with Gasteiger partial charge in [0.05, 0.1) is 5.69 Å². The normalized spacial score (nSPS) is 10.7. The SMILES string of the molecule is Cc1ccc2nc(COc3cccc(C(=O)Nc4cccc(C(=O)N(C)C)c4)c3)cn2c1. The monoisotopic (exact) mass is 428 g/mol. The number of pyridine rings is 1. The lowest BCUT2D eigenvalue weighted by molar-refractivity contribution is 0.0827. The van der Waals surface area contributed by atoms with E-state index in [4.69, 9.17) is 4.74 Å². The van der Waals surface area contributed by atoms with Gasteiger partial charge in [-0.3, -0.25) is 9.59 Å². The van der Waals surface area contributed by atoms with Crippen LogP contribution in [0.2, 0.25) is 0 Å². The number of carbonyl (C=O) groups is 2. The molecule has 2 aromatic carbocycles. The van der Waals surface area contributed by atoms with Crippen LogP contribution in [0.5, 0.6) is 5.75 Å². The molecule has 0 atom stereocenters. The first-order valence-electron chi connectivity index (χ1n) is 10.2. The Labute approximate surface area is 186 Å². The van der Waals surface area contributed by atoms with E-state index in [2.05, 4.69) is 10.3 Å². The number of imidazole rings is 1. The molecule has 0 bridgehead atoms. The molecule has 0 aliphatic rings. The number of hydrogen-bond acceptors (Lipinski definition) is 4. The van der Waals surface area contributed by atoms with Crippen LogP contribution >= 0.6 is 0 Å². The number of nitrogens with zero attached hydrogens (tertiary/aromatic N) is 3. The number of ether oxygens (including phenoxy) is 1. The van der Waals surface area contributed by atoms with E-state index in [-0.39, 0.29) is 11.8 Å². The van der Waals surface area contributed by atoms with Crippen LogP contribution in [0.1, 0.15) is 32.0 Å². The van der Waals surface area contributed by atoms with Crippen molar-refractivity contribution >= 4 is 23.1 Å². The molecule has 7 heteroatoms. The molecule has 7 nitrogen and oxygen atoms in total. The zero-order valence-corrected chi connectivity index (χ0v) is 18.2. The van der Waals surface area contributed by atoms with Gasteiger partial charge in [-0.2, -0.15) is 0 Å². The Morgan fingerprint density at radius 2 is 1.78 bits per heavy atom. The molecular formula is C25H24N4O3. The lowest BCUT2D eigenvalue weighted by atomic mass is 10.1. The first-order chi connectivity index (χ1) is 15.4. The van der Waals surface area contributed by atoms with Crippen molar-refractivity contribution in [2.45, 2.75) is 13.5 Å². The third-order valence-electron chi connectivity index (χ3n) is 4.91. The van der Waals surface area contributed by atoms with Gasteiger partial charge in [0.15, 0.2) is 0 Å². The molecule has 0 unspecified atom stereocenters. The molecule has 0 radical (unpaired) electrons. The maximum Gasteiger partial charge on any atom is 0.255 e. The van der Waals surface area contributed by atoms with E-state index in [0.29, 0.717) is 29.2 Å². The highest BCUT2D eigenvalue weighted by atomic mass is 16.5. The van der Waals surface area contributed by atoms with E-state index in [1.807, 2.05) is 35.9 Å². The molecule has 0 saturated heterocycles. The number of aryl methyl sites for hydroxylation is 1. The van der Waals surface area contributed by atoms with Crippen molar-refractivity contribution in [3.8, 4) is 5.75 Å². The Hall–Kier alpha value is -4.13. The van der Waals surface area contributed by atoms with Gasteiger partial charge in [-0.1, -0.05) is 18.2 Å². The third kappa shape index (κ3) is 4.78. The van der Waals surface area contributed by atoms with Crippen molar-refractivity contribution in [3.05, 3.63) is 95.4 Å². The number of anilines is 1. The summed E-state index contributed by atoms with van der Waals surface area (Å²) in [6, 6.07) is 17.8. The molecule has 0 saturated carbocycles. The van der Waals surface area contributed by atoms with Gasteiger partial charge >= 0.3 is 0 Å². The van der Waals surface area contributed by atoms with Crippen LogP contribution in [0.3, 0.4) is 0 Å². The molecule has 4 aromatic rings. The van der Waals surface area contributed by atoms with Gasteiger partial charge in [0.1, 0.15) is 18.0 Å². The number of benzene rings is 2. The fourth-order valence-corrected chi connectivity index (χ4v) is 3.30. The van der Waals surface area contributed by atoms with Gasteiger partial charge in [0.2, 0.25) is 0 Å². The maximum absolute atomic E-state index is 12.7. The molecule has 2 heterocycles. The highest BCUT2D eigenvalue weighted by Crippen LogP contribution is 2.18. The van der Waals surface area contributed by atoms with E-state index in [9.17, 15) is 9.59 Å². The molecular weight excluding hydrogens is 404 g/mol. The minimum atomic E-state index is -0.284. The average molecular weight is 428 g/mol. The number of amides is 2. The largest absolute Gasteiger partial charge is 0.487 e. The Kier molecular flexibility index (Phi) is 5.89. The molecule has 0 aliphatic heterocycles. The minimum Gasteiger partial charge on any atom is -0.487 e. The van der Waals surface area contributed by atoms with E-state index >= 15 is 0 Å². The molecule has 32 heavy (non-hydrogen) atoms. The number of aromatic nitrogens is 2. The quantitative estimate of drug-likeness (QED) is 0.500. The summed E-state index contributed by atoms with van der Waals surface area (Å²) in [6.45, 7) is 2.32. The van der Waals surface area contributed by atoms with Crippen molar-refractivity contribution in [2.75, 3.05) is 19.4 Å². The van der Waals surface area contributed by atoms with Crippen molar-refractivity contribution in [1.29, 1.82) is 0 Å². The number of nitrogens with one attached hydrogen (secondary N) is 1. The van der Waals surface area contributed by atoms with Crippen LogP contribution in [0.25, 0.3) is 5.65 Å². The highest BCUT2D eigenvalue weighted by Gasteiger charge is 2.12. The van der Waals surface area contributed by atoms with Crippen LogP contribution in [0.4, 0.5) is 5.69 Å². The smallest absolute Gasteiger partial charge is 0.255 e. The summed E-state index contributed by atoms with van der Waals surface area (Å²) in [4.78, 5) is 30.9. The van der Waals surface area contributed by atoms with Gasteiger partial charge < -0.3 is 19.4 Å². The van der Waals surface area contributed by atoms with Gasteiger partial charge in [-0.15, -0.1) is 0 Å². The van der Waals surface area contributed by atoms with Crippen LogP contribution in [-0.4, -0.2) is 40.2 Å². The molecule has 162 valence electrons. The molecule has 4 rings (SSSR count). The zero-order chi connectivity index (χ0) is 22.7. The first kappa shape index (κ1) is 21.1. The van der Waals surface area contributed by atoms with E-state index in [1.54, 1.807) is 62.6 Å². The number of carbonyl (C=O) groups excluding carboxylic acids is 2. The third-order valence-corrected chi connectivity index (χ3v) is 4.91. The average Bonchev–Trinajstić information content (AvgIpc) is 3.19. The summed E-state index contributed by atoms with van der Waals surface area (Å²) in [5.74, 6) is 0.161. The zero-order valence-electron chi connectivity index (χ0n) is 18.2.